The summed E-state index contributed by atoms with van der Waals surface area (Å²) in [5, 5.41) is 10.4. The number of esters is 1. The number of nitro groups is 1. The molecular weight excluding hydrogens is 270 g/mol. The van der Waals surface area contributed by atoms with Crippen LogP contribution in [0.2, 0.25) is 0 Å². The van der Waals surface area contributed by atoms with Gasteiger partial charge in [-0.2, -0.15) is 0 Å². The van der Waals surface area contributed by atoms with Gasteiger partial charge in [0.25, 0.3) is 5.69 Å². The third kappa shape index (κ3) is 4.52. The molecule has 0 amide bonds. The van der Waals surface area contributed by atoms with Crippen LogP contribution in [0.4, 0.5) is 5.69 Å². The van der Waals surface area contributed by atoms with E-state index in [1.165, 1.54) is 6.07 Å². The molecule has 1 aromatic carbocycles. The second-order valence-electron chi connectivity index (χ2n) is 4.11. The molecule has 0 saturated carbocycles. The number of rotatable bonds is 6. The van der Waals surface area contributed by atoms with Crippen molar-refractivity contribution in [3.05, 3.63) is 39.4 Å². The zero-order valence-corrected chi connectivity index (χ0v) is 11.6. The zero-order chi connectivity index (χ0) is 14.4. The number of benzene rings is 1. The minimum atomic E-state index is -0.441. The van der Waals surface area contributed by atoms with Crippen LogP contribution < -0.4 is 0 Å². The number of alkyl halides is 1. The number of nitrogens with zero attached hydrogens (tertiary/aromatic N) is 1. The summed E-state index contributed by atoms with van der Waals surface area (Å²) < 4.78 is 4.80. The average molecular weight is 286 g/mol. The maximum Gasteiger partial charge on any atom is 0.305 e. The first-order chi connectivity index (χ1) is 8.95. The van der Waals surface area contributed by atoms with E-state index in [1.54, 1.807) is 26.0 Å². The SMILES string of the molecule is CCOC(=O)CCC(Cl)c1ccc(C)c([N+](=O)[O-])c1. The van der Waals surface area contributed by atoms with Gasteiger partial charge in [0.2, 0.25) is 0 Å². The van der Waals surface area contributed by atoms with Crippen LogP contribution in [-0.2, 0) is 9.53 Å². The number of hydrogen-bond acceptors (Lipinski definition) is 4. The molecule has 104 valence electrons. The van der Waals surface area contributed by atoms with E-state index in [-0.39, 0.29) is 18.1 Å². The van der Waals surface area contributed by atoms with Crippen molar-refractivity contribution in [3.63, 3.8) is 0 Å². The predicted molar refractivity (Wildman–Crippen MR) is 72.3 cm³/mol. The van der Waals surface area contributed by atoms with E-state index < -0.39 is 10.3 Å². The molecule has 0 fully saturated rings. The molecule has 0 N–H and O–H groups in total. The largest absolute Gasteiger partial charge is 0.466 e. The number of carbonyl (C=O) groups is 1. The standard InChI is InChI=1S/C13H16ClNO4/c1-3-19-13(16)7-6-11(14)10-5-4-9(2)12(8-10)15(17)18/h4-5,8,11H,3,6-7H2,1-2H3. The molecule has 1 rings (SSSR count). The molecule has 0 aliphatic rings. The van der Waals surface area contributed by atoms with E-state index in [0.29, 0.717) is 24.2 Å². The summed E-state index contributed by atoms with van der Waals surface area (Å²) in [6.07, 6.45) is 0.588. The number of aryl methyl sites for hydroxylation is 1. The molecule has 0 spiro atoms. The van der Waals surface area contributed by atoms with Crippen molar-refractivity contribution in [2.24, 2.45) is 0 Å². The van der Waals surface area contributed by atoms with Gasteiger partial charge in [-0.1, -0.05) is 12.1 Å². The molecule has 1 unspecified atom stereocenters. The Balaban J connectivity index is 2.72. The molecule has 5 nitrogen and oxygen atoms in total. The van der Waals surface area contributed by atoms with Crippen molar-refractivity contribution in [3.8, 4) is 0 Å². The van der Waals surface area contributed by atoms with Crippen LogP contribution in [0.3, 0.4) is 0 Å². The molecule has 0 saturated heterocycles. The predicted octanol–water partition coefficient (Wildman–Crippen LogP) is 3.53. The third-order valence-electron chi connectivity index (χ3n) is 2.70. The Morgan fingerprint density at radius 3 is 2.79 bits per heavy atom. The fourth-order valence-electron chi connectivity index (χ4n) is 1.66. The zero-order valence-electron chi connectivity index (χ0n) is 10.9. The van der Waals surface area contributed by atoms with E-state index in [4.69, 9.17) is 16.3 Å². The molecule has 1 aromatic rings. The number of hydrogen-bond donors (Lipinski definition) is 0. The molecule has 0 heterocycles. The minimum absolute atomic E-state index is 0.0410. The highest BCUT2D eigenvalue weighted by atomic mass is 35.5. The van der Waals surface area contributed by atoms with Crippen LogP contribution in [0.5, 0.6) is 0 Å². The highest BCUT2D eigenvalue weighted by Crippen LogP contribution is 2.30. The second-order valence-corrected chi connectivity index (χ2v) is 4.64. The smallest absolute Gasteiger partial charge is 0.305 e. The lowest BCUT2D eigenvalue weighted by atomic mass is 10.0. The third-order valence-corrected chi connectivity index (χ3v) is 3.17. The van der Waals surface area contributed by atoms with Gasteiger partial charge >= 0.3 is 5.97 Å². The van der Waals surface area contributed by atoms with Gasteiger partial charge in [0.15, 0.2) is 0 Å². The molecule has 6 heteroatoms. The summed E-state index contributed by atoms with van der Waals surface area (Å²) in [7, 11) is 0. The fourth-order valence-corrected chi connectivity index (χ4v) is 1.91. The summed E-state index contributed by atoms with van der Waals surface area (Å²) in [5.41, 5.74) is 1.27. The Labute approximate surface area is 116 Å². The molecule has 0 aliphatic carbocycles. The van der Waals surface area contributed by atoms with Crippen molar-refractivity contribution < 1.29 is 14.5 Å². The molecule has 0 aromatic heterocycles. The lowest BCUT2D eigenvalue weighted by Crippen LogP contribution is -2.05. The summed E-state index contributed by atoms with van der Waals surface area (Å²) in [4.78, 5) is 21.6. The highest BCUT2D eigenvalue weighted by molar-refractivity contribution is 6.20. The van der Waals surface area contributed by atoms with Crippen LogP contribution >= 0.6 is 11.6 Å². The Morgan fingerprint density at radius 2 is 2.21 bits per heavy atom. The average Bonchev–Trinajstić information content (AvgIpc) is 2.36. The Morgan fingerprint density at radius 1 is 1.53 bits per heavy atom. The van der Waals surface area contributed by atoms with E-state index in [9.17, 15) is 14.9 Å². The molecule has 0 radical (unpaired) electrons. The maximum atomic E-state index is 11.2. The first kappa shape index (κ1) is 15.4. The molecule has 19 heavy (non-hydrogen) atoms. The van der Waals surface area contributed by atoms with Gasteiger partial charge in [0.1, 0.15) is 0 Å². The normalized spacial score (nSPS) is 11.9. The van der Waals surface area contributed by atoms with E-state index >= 15 is 0 Å². The summed E-state index contributed by atoms with van der Waals surface area (Å²) in [6, 6.07) is 4.86. The number of carbonyl (C=O) groups excluding carboxylic acids is 1. The van der Waals surface area contributed by atoms with E-state index in [2.05, 4.69) is 0 Å². The van der Waals surface area contributed by atoms with Crippen molar-refractivity contribution in [2.75, 3.05) is 6.61 Å². The Bertz CT molecular complexity index is 476. The van der Waals surface area contributed by atoms with Gasteiger partial charge in [-0.25, -0.2) is 0 Å². The maximum absolute atomic E-state index is 11.2. The van der Waals surface area contributed by atoms with Crippen molar-refractivity contribution >= 4 is 23.3 Å². The molecule has 1 atom stereocenters. The first-order valence-corrected chi connectivity index (χ1v) is 6.44. The molecule has 0 aliphatic heterocycles. The topological polar surface area (TPSA) is 69.4 Å². The van der Waals surface area contributed by atoms with Crippen LogP contribution in [-0.4, -0.2) is 17.5 Å². The lowest BCUT2D eigenvalue weighted by Gasteiger charge is -2.10. The summed E-state index contributed by atoms with van der Waals surface area (Å²) >= 11 is 6.15. The highest BCUT2D eigenvalue weighted by Gasteiger charge is 2.16. The van der Waals surface area contributed by atoms with Gasteiger partial charge in [-0.05, 0) is 25.8 Å². The van der Waals surface area contributed by atoms with Crippen LogP contribution in [0.25, 0.3) is 0 Å². The summed E-state index contributed by atoms with van der Waals surface area (Å²) in [6.45, 7) is 3.74. The summed E-state index contributed by atoms with van der Waals surface area (Å²) in [5.74, 6) is -0.310. The van der Waals surface area contributed by atoms with Gasteiger partial charge in [-0.3, -0.25) is 14.9 Å². The van der Waals surface area contributed by atoms with Crippen molar-refractivity contribution in [1.82, 2.24) is 0 Å². The van der Waals surface area contributed by atoms with Gasteiger partial charge in [0, 0.05) is 18.1 Å². The van der Waals surface area contributed by atoms with Crippen molar-refractivity contribution in [2.45, 2.75) is 32.1 Å². The van der Waals surface area contributed by atoms with E-state index in [1.807, 2.05) is 0 Å². The van der Waals surface area contributed by atoms with Gasteiger partial charge < -0.3 is 4.74 Å². The Kier molecular flexibility index (Phi) is 5.76. The first-order valence-electron chi connectivity index (χ1n) is 6.00. The number of nitro benzene ring substituents is 1. The minimum Gasteiger partial charge on any atom is -0.466 e. The second kappa shape index (κ2) is 7.09. The number of halogens is 1. The lowest BCUT2D eigenvalue weighted by molar-refractivity contribution is -0.385. The quantitative estimate of drug-likeness (QED) is 0.347. The number of ether oxygens (including phenoxy) is 1. The fraction of sp³-hybridized carbons (Fsp3) is 0.462. The van der Waals surface area contributed by atoms with Gasteiger partial charge in [0.05, 0.1) is 16.9 Å². The van der Waals surface area contributed by atoms with Crippen LogP contribution in [0.1, 0.15) is 36.3 Å². The molecule has 0 bridgehead atoms. The monoisotopic (exact) mass is 285 g/mol. The van der Waals surface area contributed by atoms with Crippen LogP contribution in [0.15, 0.2) is 18.2 Å². The van der Waals surface area contributed by atoms with Crippen LogP contribution in [0, 0.1) is 17.0 Å². The Hall–Kier alpha value is -1.62. The van der Waals surface area contributed by atoms with Gasteiger partial charge in [-0.15, -0.1) is 11.6 Å². The molecular formula is C13H16ClNO4. The van der Waals surface area contributed by atoms with Crippen molar-refractivity contribution in [1.29, 1.82) is 0 Å². The van der Waals surface area contributed by atoms with E-state index in [0.717, 1.165) is 0 Å².